The molecule has 0 atom stereocenters. The molecule has 0 saturated carbocycles. The average molecular weight is 240 g/mol. The highest BCUT2D eigenvalue weighted by molar-refractivity contribution is 6.00. The molecule has 1 aromatic carbocycles. The number of rotatable bonds is 2. The number of methoxy groups -OCH3 is 1. The predicted molar refractivity (Wildman–Crippen MR) is 69.3 cm³/mol. The molecule has 0 aliphatic heterocycles. The van der Waals surface area contributed by atoms with Gasteiger partial charge in [-0.05, 0) is 12.1 Å². The summed E-state index contributed by atoms with van der Waals surface area (Å²) in [5.74, 6) is 0.812. The van der Waals surface area contributed by atoms with Gasteiger partial charge in [0.2, 0.25) is 0 Å². The second kappa shape index (κ2) is 3.84. The lowest BCUT2D eigenvalue weighted by atomic mass is 10.1. The number of Topliss-reactive ketones (excluding diaryl/α,β-unsaturated/α-hetero) is 1. The maximum atomic E-state index is 11.5. The average Bonchev–Trinajstić information content (AvgIpc) is 2.82. The van der Waals surface area contributed by atoms with Crippen LogP contribution in [0.25, 0.3) is 16.4 Å². The van der Waals surface area contributed by atoms with Gasteiger partial charge in [-0.2, -0.15) is 0 Å². The first-order chi connectivity index (χ1) is 8.72. The van der Waals surface area contributed by atoms with Crippen molar-refractivity contribution in [2.24, 2.45) is 0 Å². The van der Waals surface area contributed by atoms with E-state index in [-0.39, 0.29) is 5.78 Å². The first-order valence-electron chi connectivity index (χ1n) is 5.66. The molecule has 0 amide bonds. The highest BCUT2D eigenvalue weighted by Crippen LogP contribution is 2.28. The largest absolute Gasteiger partial charge is 0.496 e. The number of pyridine rings is 1. The first-order valence-corrected chi connectivity index (χ1v) is 5.66. The van der Waals surface area contributed by atoms with Crippen molar-refractivity contribution in [3.63, 3.8) is 0 Å². The molecule has 0 unspecified atom stereocenters. The van der Waals surface area contributed by atoms with Crippen LogP contribution in [0.5, 0.6) is 5.75 Å². The van der Waals surface area contributed by atoms with Crippen molar-refractivity contribution in [1.82, 2.24) is 9.38 Å². The Kier molecular flexibility index (Phi) is 2.30. The van der Waals surface area contributed by atoms with Gasteiger partial charge in [0.15, 0.2) is 5.78 Å². The second-order valence-corrected chi connectivity index (χ2v) is 4.13. The highest BCUT2D eigenvalue weighted by atomic mass is 16.5. The predicted octanol–water partition coefficient (Wildman–Crippen LogP) is 2.70. The molecule has 0 radical (unpaired) electrons. The molecule has 4 heteroatoms. The Balaban J connectivity index is 2.44. The van der Waals surface area contributed by atoms with Crippen LogP contribution in [0, 0.1) is 0 Å². The Labute approximate surface area is 104 Å². The van der Waals surface area contributed by atoms with Crippen molar-refractivity contribution in [2.75, 3.05) is 7.11 Å². The minimum Gasteiger partial charge on any atom is -0.496 e. The number of carbonyl (C=O) groups excluding carboxylic acids is 1. The van der Waals surface area contributed by atoms with Crippen LogP contribution in [0.4, 0.5) is 0 Å². The van der Waals surface area contributed by atoms with E-state index in [4.69, 9.17) is 4.74 Å². The van der Waals surface area contributed by atoms with Gasteiger partial charge in [0.05, 0.1) is 13.3 Å². The minimum absolute atomic E-state index is 0.00439. The van der Waals surface area contributed by atoms with Crippen LogP contribution in [0.1, 0.15) is 17.4 Å². The van der Waals surface area contributed by atoms with Gasteiger partial charge in [0.1, 0.15) is 17.1 Å². The first kappa shape index (κ1) is 10.8. The number of nitrogens with zero attached hydrogens (tertiary/aromatic N) is 2. The maximum absolute atomic E-state index is 11.5. The van der Waals surface area contributed by atoms with E-state index in [2.05, 4.69) is 4.98 Å². The van der Waals surface area contributed by atoms with Gasteiger partial charge in [-0.3, -0.25) is 9.20 Å². The fraction of sp³-hybridized carbons (Fsp3) is 0.143. The molecule has 0 saturated heterocycles. The zero-order valence-electron chi connectivity index (χ0n) is 10.2. The summed E-state index contributed by atoms with van der Waals surface area (Å²) in [6.07, 6.45) is 3.46. The molecular formula is C14H12N2O2. The van der Waals surface area contributed by atoms with Crippen LogP contribution in [0.3, 0.4) is 0 Å². The monoisotopic (exact) mass is 240 g/mol. The molecule has 0 fully saturated rings. The van der Waals surface area contributed by atoms with E-state index in [1.807, 2.05) is 34.9 Å². The molecule has 0 bridgehead atoms. The molecular weight excluding hydrogens is 228 g/mol. The summed E-state index contributed by atoms with van der Waals surface area (Å²) in [6.45, 7) is 1.54. The fourth-order valence-electron chi connectivity index (χ4n) is 2.21. The number of hydrogen-bond donors (Lipinski definition) is 0. The van der Waals surface area contributed by atoms with E-state index in [1.165, 1.54) is 0 Å². The third-order valence-corrected chi connectivity index (χ3v) is 3.07. The molecule has 3 aromatic rings. The summed E-state index contributed by atoms with van der Waals surface area (Å²) in [5.41, 5.74) is 1.37. The van der Waals surface area contributed by atoms with Crippen LogP contribution < -0.4 is 4.74 Å². The van der Waals surface area contributed by atoms with E-state index < -0.39 is 0 Å². The summed E-state index contributed by atoms with van der Waals surface area (Å²) >= 11 is 0. The SMILES string of the molecule is COc1cccc2c1ccn1c(C(C)=O)cnc21. The van der Waals surface area contributed by atoms with E-state index in [0.29, 0.717) is 5.69 Å². The molecule has 0 aliphatic carbocycles. The van der Waals surface area contributed by atoms with Gasteiger partial charge in [0, 0.05) is 23.9 Å². The van der Waals surface area contributed by atoms with Gasteiger partial charge >= 0.3 is 0 Å². The van der Waals surface area contributed by atoms with Crippen LogP contribution in [-0.2, 0) is 0 Å². The number of aromatic nitrogens is 2. The maximum Gasteiger partial charge on any atom is 0.178 e. The van der Waals surface area contributed by atoms with E-state index in [1.54, 1.807) is 20.2 Å². The smallest absolute Gasteiger partial charge is 0.178 e. The lowest BCUT2D eigenvalue weighted by Gasteiger charge is -2.06. The van der Waals surface area contributed by atoms with E-state index >= 15 is 0 Å². The molecule has 2 aromatic heterocycles. The summed E-state index contributed by atoms with van der Waals surface area (Å²) < 4.78 is 7.14. The summed E-state index contributed by atoms with van der Waals surface area (Å²) in [6, 6.07) is 7.75. The number of carbonyl (C=O) groups is 1. The molecule has 18 heavy (non-hydrogen) atoms. The lowest BCUT2D eigenvalue weighted by molar-refractivity contribution is 0.101. The Hall–Kier alpha value is -2.36. The topological polar surface area (TPSA) is 43.6 Å². The molecule has 0 N–H and O–H groups in total. The van der Waals surface area contributed by atoms with Crippen molar-refractivity contribution in [2.45, 2.75) is 6.92 Å². The van der Waals surface area contributed by atoms with Crippen molar-refractivity contribution in [3.8, 4) is 5.75 Å². The molecule has 0 spiro atoms. The minimum atomic E-state index is 0.00439. The number of hydrogen-bond acceptors (Lipinski definition) is 3. The van der Waals surface area contributed by atoms with Crippen LogP contribution >= 0.6 is 0 Å². The van der Waals surface area contributed by atoms with Gasteiger partial charge < -0.3 is 4.74 Å². The van der Waals surface area contributed by atoms with E-state index in [0.717, 1.165) is 22.2 Å². The molecule has 90 valence electrons. The standard InChI is InChI=1S/C14H12N2O2/c1-9(17)12-8-15-14-11-4-3-5-13(18-2)10(11)6-7-16(12)14/h3-8H,1-2H3. The van der Waals surface area contributed by atoms with Gasteiger partial charge in [-0.1, -0.05) is 12.1 Å². The van der Waals surface area contributed by atoms with Gasteiger partial charge in [-0.25, -0.2) is 4.98 Å². The molecule has 0 aliphatic rings. The quantitative estimate of drug-likeness (QED) is 0.647. The van der Waals surface area contributed by atoms with Gasteiger partial charge in [-0.15, -0.1) is 0 Å². The third-order valence-electron chi connectivity index (χ3n) is 3.07. The lowest BCUT2D eigenvalue weighted by Crippen LogP contribution is -1.98. The number of imidazole rings is 1. The number of ketones is 1. The zero-order valence-corrected chi connectivity index (χ0v) is 10.2. The van der Waals surface area contributed by atoms with Crippen molar-refractivity contribution < 1.29 is 9.53 Å². The molecule has 2 heterocycles. The summed E-state index contributed by atoms with van der Waals surface area (Å²) in [5, 5.41) is 1.97. The summed E-state index contributed by atoms with van der Waals surface area (Å²) in [7, 11) is 1.64. The molecule has 3 rings (SSSR count). The van der Waals surface area contributed by atoms with Crippen molar-refractivity contribution >= 4 is 22.2 Å². The van der Waals surface area contributed by atoms with Crippen molar-refractivity contribution in [3.05, 3.63) is 42.4 Å². The second-order valence-electron chi connectivity index (χ2n) is 4.13. The van der Waals surface area contributed by atoms with Crippen LogP contribution in [-0.4, -0.2) is 22.3 Å². The third kappa shape index (κ3) is 1.39. The Morgan fingerprint density at radius 2 is 2.11 bits per heavy atom. The Morgan fingerprint density at radius 1 is 1.28 bits per heavy atom. The normalized spacial score (nSPS) is 11.0. The number of benzene rings is 1. The van der Waals surface area contributed by atoms with Gasteiger partial charge in [0.25, 0.3) is 0 Å². The van der Waals surface area contributed by atoms with E-state index in [9.17, 15) is 4.79 Å². The Morgan fingerprint density at radius 3 is 2.83 bits per heavy atom. The fourth-order valence-corrected chi connectivity index (χ4v) is 2.21. The van der Waals surface area contributed by atoms with Crippen LogP contribution in [0.15, 0.2) is 36.7 Å². The van der Waals surface area contributed by atoms with Crippen molar-refractivity contribution in [1.29, 1.82) is 0 Å². The summed E-state index contributed by atoms with van der Waals surface area (Å²) in [4.78, 5) is 15.8. The zero-order chi connectivity index (χ0) is 12.7. The Bertz CT molecular complexity index is 759. The number of ether oxygens (including phenoxy) is 1. The molecule has 4 nitrogen and oxygen atoms in total. The van der Waals surface area contributed by atoms with Crippen LogP contribution in [0.2, 0.25) is 0 Å². The highest BCUT2D eigenvalue weighted by Gasteiger charge is 2.11. The number of fused-ring (bicyclic) bond motifs is 3.